The van der Waals surface area contributed by atoms with E-state index in [1.54, 1.807) is 12.1 Å². The van der Waals surface area contributed by atoms with Crippen molar-refractivity contribution in [3.8, 4) is 0 Å². The molecule has 2 N–H and O–H groups in total. The quantitative estimate of drug-likeness (QED) is 0.529. The number of carbonyl (C=O) groups excluding carboxylic acids is 1. The number of methoxy groups -OCH3 is 1. The monoisotopic (exact) mass is 315 g/mol. The van der Waals surface area contributed by atoms with Crippen molar-refractivity contribution in [1.82, 2.24) is 4.72 Å². The average molecular weight is 315 g/mol. The molecular formula is C14H21NO5S. The summed E-state index contributed by atoms with van der Waals surface area (Å²) >= 11 is 0. The predicted octanol–water partition coefficient (Wildman–Crippen LogP) is 1.30. The molecule has 1 aromatic rings. The van der Waals surface area contributed by atoms with Crippen LogP contribution in [0.15, 0.2) is 29.2 Å². The van der Waals surface area contributed by atoms with Gasteiger partial charge in [0.15, 0.2) is 0 Å². The Kier molecular flexibility index (Phi) is 7.35. The lowest BCUT2D eigenvalue weighted by Gasteiger charge is -2.10. The molecule has 7 heteroatoms. The number of carbonyl (C=O) groups is 1. The lowest BCUT2D eigenvalue weighted by atomic mass is 10.2. The zero-order valence-corrected chi connectivity index (χ0v) is 12.9. The van der Waals surface area contributed by atoms with Gasteiger partial charge >= 0.3 is 5.97 Å². The molecule has 0 saturated heterocycles. The fourth-order valence-corrected chi connectivity index (χ4v) is 3.12. The Morgan fingerprint density at radius 3 is 2.52 bits per heavy atom. The molecule has 0 saturated carbocycles. The van der Waals surface area contributed by atoms with E-state index in [0.717, 1.165) is 19.3 Å². The zero-order valence-electron chi connectivity index (χ0n) is 12.0. The standard InChI is InChI=1S/C14H21NO5S/c1-20-14(17)12-8-4-5-9-13(12)21(18,19)15-10-6-2-3-7-11-16/h4-5,8-9,15-16H,2-3,6-7,10-11H2,1H3. The molecule has 0 atom stereocenters. The highest BCUT2D eigenvalue weighted by atomic mass is 32.2. The summed E-state index contributed by atoms with van der Waals surface area (Å²) in [6, 6.07) is 5.93. The van der Waals surface area contributed by atoms with Crippen LogP contribution in [0.25, 0.3) is 0 Å². The van der Waals surface area contributed by atoms with Crippen LogP contribution in [0.5, 0.6) is 0 Å². The van der Waals surface area contributed by atoms with Gasteiger partial charge in [0.2, 0.25) is 10.0 Å². The van der Waals surface area contributed by atoms with Gasteiger partial charge in [-0.2, -0.15) is 0 Å². The van der Waals surface area contributed by atoms with E-state index in [1.165, 1.54) is 19.2 Å². The van der Waals surface area contributed by atoms with Crippen LogP contribution in [0, 0.1) is 0 Å². The number of nitrogens with one attached hydrogen (secondary N) is 1. The van der Waals surface area contributed by atoms with E-state index < -0.39 is 16.0 Å². The Hall–Kier alpha value is -1.44. The van der Waals surface area contributed by atoms with E-state index in [4.69, 9.17) is 5.11 Å². The van der Waals surface area contributed by atoms with Crippen LogP contribution in [-0.2, 0) is 14.8 Å². The molecule has 0 radical (unpaired) electrons. The molecule has 0 bridgehead atoms. The van der Waals surface area contributed by atoms with Crippen LogP contribution < -0.4 is 4.72 Å². The Balaban J connectivity index is 2.68. The number of hydrogen-bond donors (Lipinski definition) is 2. The molecule has 0 unspecified atom stereocenters. The fourth-order valence-electron chi connectivity index (χ4n) is 1.85. The molecule has 118 valence electrons. The van der Waals surface area contributed by atoms with Crippen LogP contribution in [0.1, 0.15) is 36.0 Å². The first kappa shape index (κ1) is 17.6. The van der Waals surface area contributed by atoms with Crippen molar-refractivity contribution >= 4 is 16.0 Å². The molecule has 1 rings (SSSR count). The van der Waals surface area contributed by atoms with E-state index in [9.17, 15) is 13.2 Å². The van der Waals surface area contributed by atoms with Gasteiger partial charge in [-0.3, -0.25) is 0 Å². The summed E-state index contributed by atoms with van der Waals surface area (Å²) in [5.41, 5.74) is 0.0211. The Morgan fingerprint density at radius 1 is 1.19 bits per heavy atom. The molecule has 6 nitrogen and oxygen atoms in total. The van der Waals surface area contributed by atoms with Crippen molar-refractivity contribution in [3.05, 3.63) is 29.8 Å². The number of ether oxygens (including phenoxy) is 1. The number of unbranched alkanes of at least 4 members (excludes halogenated alkanes) is 3. The Morgan fingerprint density at radius 2 is 1.86 bits per heavy atom. The summed E-state index contributed by atoms with van der Waals surface area (Å²) in [7, 11) is -2.53. The maximum absolute atomic E-state index is 12.2. The SMILES string of the molecule is COC(=O)c1ccccc1S(=O)(=O)NCCCCCCO. The van der Waals surface area contributed by atoms with Gasteiger partial charge in [0.25, 0.3) is 0 Å². The molecule has 0 heterocycles. The summed E-state index contributed by atoms with van der Waals surface area (Å²) in [5.74, 6) is -0.682. The molecule has 0 spiro atoms. The number of aliphatic hydroxyl groups is 1. The normalized spacial score (nSPS) is 11.3. The van der Waals surface area contributed by atoms with Crippen molar-refractivity contribution in [2.24, 2.45) is 0 Å². The van der Waals surface area contributed by atoms with Gasteiger partial charge < -0.3 is 9.84 Å². The molecule has 0 fully saturated rings. The fraction of sp³-hybridized carbons (Fsp3) is 0.500. The van der Waals surface area contributed by atoms with Crippen LogP contribution >= 0.6 is 0 Å². The lowest BCUT2D eigenvalue weighted by Crippen LogP contribution is -2.26. The maximum atomic E-state index is 12.2. The van der Waals surface area contributed by atoms with Gasteiger partial charge in [-0.05, 0) is 25.0 Å². The van der Waals surface area contributed by atoms with E-state index in [0.29, 0.717) is 13.0 Å². The first-order valence-corrected chi connectivity index (χ1v) is 8.29. The second-order valence-corrected chi connectivity index (χ2v) is 6.26. The number of rotatable bonds is 9. The van der Waals surface area contributed by atoms with Crippen LogP contribution in [0.3, 0.4) is 0 Å². The molecule has 1 aromatic carbocycles. The van der Waals surface area contributed by atoms with Crippen molar-refractivity contribution in [1.29, 1.82) is 0 Å². The molecule has 21 heavy (non-hydrogen) atoms. The van der Waals surface area contributed by atoms with Crippen molar-refractivity contribution in [2.45, 2.75) is 30.6 Å². The number of sulfonamides is 1. The van der Waals surface area contributed by atoms with Gasteiger partial charge in [-0.1, -0.05) is 25.0 Å². The molecule has 0 aliphatic rings. The van der Waals surface area contributed by atoms with E-state index in [1.807, 2.05) is 0 Å². The third kappa shape index (κ3) is 5.45. The van der Waals surface area contributed by atoms with Gasteiger partial charge in [-0.25, -0.2) is 17.9 Å². The van der Waals surface area contributed by atoms with E-state index >= 15 is 0 Å². The van der Waals surface area contributed by atoms with Crippen molar-refractivity contribution in [3.63, 3.8) is 0 Å². The number of benzene rings is 1. The molecule has 0 aliphatic carbocycles. The zero-order chi connectivity index (χ0) is 15.7. The summed E-state index contributed by atoms with van der Waals surface area (Å²) in [6.45, 7) is 0.446. The largest absolute Gasteiger partial charge is 0.465 e. The molecule has 0 aliphatic heterocycles. The minimum absolute atomic E-state index is 0.0211. The van der Waals surface area contributed by atoms with Crippen LogP contribution in [0.2, 0.25) is 0 Å². The molecule has 0 amide bonds. The highest BCUT2D eigenvalue weighted by molar-refractivity contribution is 7.89. The van der Waals surface area contributed by atoms with Gasteiger partial charge in [0.1, 0.15) is 0 Å². The number of esters is 1. The average Bonchev–Trinajstić information content (AvgIpc) is 2.50. The molecule has 0 aromatic heterocycles. The minimum Gasteiger partial charge on any atom is -0.465 e. The highest BCUT2D eigenvalue weighted by Gasteiger charge is 2.21. The third-order valence-corrected chi connectivity index (χ3v) is 4.48. The topological polar surface area (TPSA) is 92.7 Å². The first-order chi connectivity index (χ1) is 10.0. The number of hydrogen-bond acceptors (Lipinski definition) is 5. The summed E-state index contributed by atoms with van der Waals surface area (Å²) in [5, 5.41) is 8.65. The summed E-state index contributed by atoms with van der Waals surface area (Å²) < 4.78 is 31.5. The van der Waals surface area contributed by atoms with Gasteiger partial charge in [0, 0.05) is 13.2 Å². The maximum Gasteiger partial charge on any atom is 0.339 e. The number of aliphatic hydroxyl groups excluding tert-OH is 1. The summed E-state index contributed by atoms with van der Waals surface area (Å²) in [4.78, 5) is 11.5. The lowest BCUT2D eigenvalue weighted by molar-refractivity contribution is 0.0596. The van der Waals surface area contributed by atoms with Crippen molar-refractivity contribution < 1.29 is 23.1 Å². The van der Waals surface area contributed by atoms with Crippen molar-refractivity contribution in [2.75, 3.05) is 20.3 Å². The van der Waals surface area contributed by atoms with Crippen LogP contribution in [0.4, 0.5) is 0 Å². The second-order valence-electron chi connectivity index (χ2n) is 4.52. The smallest absolute Gasteiger partial charge is 0.339 e. The molecular weight excluding hydrogens is 294 g/mol. The first-order valence-electron chi connectivity index (χ1n) is 6.81. The highest BCUT2D eigenvalue weighted by Crippen LogP contribution is 2.16. The third-order valence-electron chi connectivity index (χ3n) is 2.96. The van der Waals surface area contributed by atoms with E-state index in [2.05, 4.69) is 9.46 Å². The minimum atomic E-state index is -3.74. The summed E-state index contributed by atoms with van der Waals surface area (Å²) in [6.07, 6.45) is 3.09. The van der Waals surface area contributed by atoms with Gasteiger partial charge in [-0.15, -0.1) is 0 Å². The van der Waals surface area contributed by atoms with E-state index in [-0.39, 0.29) is 17.1 Å². The predicted molar refractivity (Wildman–Crippen MR) is 78.5 cm³/mol. The second kappa shape index (κ2) is 8.76. The Labute approximate surface area is 125 Å². The van der Waals surface area contributed by atoms with Crippen LogP contribution in [-0.4, -0.2) is 39.8 Å². The van der Waals surface area contributed by atoms with Gasteiger partial charge in [0.05, 0.1) is 17.6 Å². The Bertz CT molecular complexity index is 556.